The number of anilines is 1. The minimum atomic E-state index is 0.857. The summed E-state index contributed by atoms with van der Waals surface area (Å²) in [5.74, 6) is 0. The average Bonchev–Trinajstić information content (AvgIpc) is 2.27. The number of benzene rings is 2. The maximum Gasteiger partial charge on any atom is 0.0458 e. The molecule has 0 aromatic heterocycles. The minimum Gasteiger partial charge on any atom is -0.398 e. The predicted molar refractivity (Wildman–Crippen MR) is 75.6 cm³/mol. The van der Waals surface area contributed by atoms with Crippen molar-refractivity contribution in [1.29, 1.82) is 0 Å². The molecule has 0 amide bonds. The average molecular weight is 243 g/mol. The van der Waals surface area contributed by atoms with Gasteiger partial charge in [-0.15, -0.1) is 0 Å². The highest BCUT2D eigenvalue weighted by Gasteiger charge is 2.05. The van der Waals surface area contributed by atoms with Gasteiger partial charge >= 0.3 is 0 Å². The van der Waals surface area contributed by atoms with Gasteiger partial charge in [-0.2, -0.15) is 0 Å². The van der Waals surface area contributed by atoms with Crippen LogP contribution in [0.15, 0.2) is 46.2 Å². The quantitative estimate of drug-likeness (QED) is 0.794. The van der Waals surface area contributed by atoms with Gasteiger partial charge in [-0.1, -0.05) is 30.0 Å². The van der Waals surface area contributed by atoms with E-state index in [0.717, 1.165) is 10.6 Å². The molecule has 2 aromatic carbocycles. The van der Waals surface area contributed by atoms with Crippen LogP contribution in [0.5, 0.6) is 0 Å². The summed E-state index contributed by atoms with van der Waals surface area (Å²) in [7, 11) is 0. The van der Waals surface area contributed by atoms with Crippen LogP contribution in [-0.2, 0) is 0 Å². The number of aryl methyl sites for hydroxylation is 3. The fraction of sp³-hybridized carbons (Fsp3) is 0.200. The molecule has 0 saturated heterocycles. The van der Waals surface area contributed by atoms with Gasteiger partial charge < -0.3 is 5.73 Å². The van der Waals surface area contributed by atoms with Gasteiger partial charge in [0.15, 0.2) is 0 Å². The molecular weight excluding hydrogens is 226 g/mol. The van der Waals surface area contributed by atoms with Crippen LogP contribution < -0.4 is 5.73 Å². The fourth-order valence-corrected chi connectivity index (χ4v) is 2.72. The topological polar surface area (TPSA) is 26.0 Å². The van der Waals surface area contributed by atoms with Crippen molar-refractivity contribution >= 4 is 17.4 Å². The standard InChI is InChI=1S/C15H17NS/c1-10-5-7-14(13(16)8-10)17-15-9-11(2)4-6-12(15)3/h4-9H,16H2,1-3H3. The second-order valence-electron chi connectivity index (χ2n) is 4.41. The number of rotatable bonds is 2. The molecule has 0 aliphatic heterocycles. The van der Waals surface area contributed by atoms with E-state index in [0.29, 0.717) is 0 Å². The van der Waals surface area contributed by atoms with Crippen molar-refractivity contribution in [2.45, 2.75) is 30.6 Å². The highest BCUT2D eigenvalue weighted by atomic mass is 32.2. The third-order valence-corrected chi connectivity index (χ3v) is 3.98. The summed E-state index contributed by atoms with van der Waals surface area (Å²) in [5.41, 5.74) is 10.7. The maximum atomic E-state index is 6.04. The van der Waals surface area contributed by atoms with Crippen LogP contribution >= 0.6 is 11.8 Å². The molecule has 0 saturated carbocycles. The van der Waals surface area contributed by atoms with Crippen LogP contribution in [0, 0.1) is 20.8 Å². The molecule has 2 rings (SSSR count). The van der Waals surface area contributed by atoms with Crippen molar-refractivity contribution in [1.82, 2.24) is 0 Å². The monoisotopic (exact) mass is 243 g/mol. The molecule has 0 aliphatic rings. The largest absolute Gasteiger partial charge is 0.398 e. The zero-order valence-electron chi connectivity index (χ0n) is 10.4. The Balaban J connectivity index is 2.34. The van der Waals surface area contributed by atoms with Crippen molar-refractivity contribution in [3.8, 4) is 0 Å². The van der Waals surface area contributed by atoms with Gasteiger partial charge in [-0.05, 0) is 55.7 Å². The summed E-state index contributed by atoms with van der Waals surface area (Å²) in [6.45, 7) is 6.30. The zero-order valence-corrected chi connectivity index (χ0v) is 11.3. The van der Waals surface area contributed by atoms with E-state index in [4.69, 9.17) is 5.73 Å². The van der Waals surface area contributed by atoms with E-state index in [9.17, 15) is 0 Å². The van der Waals surface area contributed by atoms with Gasteiger partial charge in [0.2, 0.25) is 0 Å². The van der Waals surface area contributed by atoms with Gasteiger partial charge in [-0.25, -0.2) is 0 Å². The Labute approximate surface area is 107 Å². The van der Waals surface area contributed by atoms with Crippen LogP contribution in [-0.4, -0.2) is 0 Å². The Morgan fingerprint density at radius 3 is 2.18 bits per heavy atom. The summed E-state index contributed by atoms with van der Waals surface area (Å²) in [4.78, 5) is 2.41. The van der Waals surface area contributed by atoms with Gasteiger partial charge in [0, 0.05) is 15.5 Å². The minimum absolute atomic E-state index is 0.857. The van der Waals surface area contributed by atoms with Crippen LogP contribution in [0.25, 0.3) is 0 Å². The third-order valence-electron chi connectivity index (χ3n) is 2.73. The first-order chi connectivity index (χ1) is 8.06. The Bertz CT molecular complexity index is 547. The SMILES string of the molecule is Cc1ccc(Sc2cc(C)ccc2C)c(N)c1. The summed E-state index contributed by atoms with van der Waals surface area (Å²) in [5, 5.41) is 0. The summed E-state index contributed by atoms with van der Waals surface area (Å²) < 4.78 is 0. The van der Waals surface area contributed by atoms with Crippen molar-refractivity contribution in [2.75, 3.05) is 5.73 Å². The lowest BCUT2D eigenvalue weighted by atomic mass is 10.2. The molecular formula is C15H17NS. The first-order valence-electron chi connectivity index (χ1n) is 5.67. The first kappa shape index (κ1) is 12.1. The van der Waals surface area contributed by atoms with Crippen LogP contribution in [0.3, 0.4) is 0 Å². The lowest BCUT2D eigenvalue weighted by Crippen LogP contribution is -1.90. The molecule has 0 heterocycles. The lowest BCUT2D eigenvalue weighted by molar-refractivity contribution is 1.25. The van der Waals surface area contributed by atoms with Crippen LogP contribution in [0.1, 0.15) is 16.7 Å². The lowest BCUT2D eigenvalue weighted by Gasteiger charge is -2.09. The Kier molecular flexibility index (Phi) is 3.43. The molecule has 0 unspecified atom stereocenters. The molecule has 2 aromatic rings. The van der Waals surface area contributed by atoms with Crippen molar-refractivity contribution in [2.24, 2.45) is 0 Å². The first-order valence-corrected chi connectivity index (χ1v) is 6.49. The van der Waals surface area contributed by atoms with Gasteiger partial charge in [-0.3, -0.25) is 0 Å². The second-order valence-corrected chi connectivity index (χ2v) is 5.50. The normalized spacial score (nSPS) is 10.5. The fourth-order valence-electron chi connectivity index (χ4n) is 1.70. The van der Waals surface area contributed by atoms with Gasteiger partial charge in [0.1, 0.15) is 0 Å². The smallest absolute Gasteiger partial charge is 0.0458 e. The summed E-state index contributed by atoms with van der Waals surface area (Å²) in [6, 6.07) is 12.7. The van der Waals surface area contributed by atoms with E-state index < -0.39 is 0 Å². The van der Waals surface area contributed by atoms with E-state index in [1.807, 2.05) is 6.07 Å². The molecule has 2 N–H and O–H groups in total. The third kappa shape index (κ3) is 2.83. The molecule has 0 bridgehead atoms. The van der Waals surface area contributed by atoms with E-state index in [1.54, 1.807) is 11.8 Å². The molecule has 88 valence electrons. The second kappa shape index (κ2) is 4.84. The van der Waals surface area contributed by atoms with Gasteiger partial charge in [0.25, 0.3) is 0 Å². The molecule has 1 nitrogen and oxygen atoms in total. The molecule has 0 radical (unpaired) electrons. The number of hydrogen-bond donors (Lipinski definition) is 1. The van der Waals surface area contributed by atoms with E-state index in [1.165, 1.54) is 21.6 Å². The Hall–Kier alpha value is -1.41. The Morgan fingerprint density at radius 2 is 1.47 bits per heavy atom. The highest BCUT2D eigenvalue weighted by Crippen LogP contribution is 2.34. The van der Waals surface area contributed by atoms with E-state index >= 15 is 0 Å². The van der Waals surface area contributed by atoms with Crippen molar-refractivity contribution in [3.05, 3.63) is 53.1 Å². The highest BCUT2D eigenvalue weighted by molar-refractivity contribution is 7.99. The number of nitrogen functional groups attached to an aromatic ring is 1. The number of hydrogen-bond acceptors (Lipinski definition) is 2. The Morgan fingerprint density at radius 1 is 0.824 bits per heavy atom. The molecule has 0 atom stereocenters. The molecule has 0 spiro atoms. The molecule has 2 heteroatoms. The van der Waals surface area contributed by atoms with E-state index in [-0.39, 0.29) is 0 Å². The van der Waals surface area contributed by atoms with Crippen LogP contribution in [0.2, 0.25) is 0 Å². The number of nitrogens with two attached hydrogens (primary N) is 1. The van der Waals surface area contributed by atoms with Crippen molar-refractivity contribution < 1.29 is 0 Å². The van der Waals surface area contributed by atoms with Crippen LogP contribution in [0.4, 0.5) is 5.69 Å². The zero-order chi connectivity index (χ0) is 12.4. The molecule has 17 heavy (non-hydrogen) atoms. The van der Waals surface area contributed by atoms with Crippen molar-refractivity contribution in [3.63, 3.8) is 0 Å². The van der Waals surface area contributed by atoms with Gasteiger partial charge in [0.05, 0.1) is 0 Å². The summed E-state index contributed by atoms with van der Waals surface area (Å²) in [6.07, 6.45) is 0. The summed E-state index contributed by atoms with van der Waals surface area (Å²) >= 11 is 1.74. The molecule has 0 fully saturated rings. The molecule has 0 aliphatic carbocycles. The van der Waals surface area contributed by atoms with E-state index in [2.05, 4.69) is 51.1 Å². The maximum absolute atomic E-state index is 6.04. The predicted octanol–water partition coefficient (Wildman–Crippen LogP) is 4.35.